The van der Waals surface area contributed by atoms with E-state index in [1.807, 2.05) is 30.0 Å². The summed E-state index contributed by atoms with van der Waals surface area (Å²) in [6.07, 6.45) is 3.71. The second-order valence-corrected chi connectivity index (χ2v) is 6.31. The van der Waals surface area contributed by atoms with Gasteiger partial charge in [-0.2, -0.15) is 5.10 Å². The topological polar surface area (TPSA) is 98.3 Å². The van der Waals surface area contributed by atoms with Gasteiger partial charge in [-0.15, -0.1) is 0 Å². The van der Waals surface area contributed by atoms with Crippen LogP contribution in [0.15, 0.2) is 24.4 Å². The van der Waals surface area contributed by atoms with Crippen LogP contribution in [0.3, 0.4) is 0 Å². The summed E-state index contributed by atoms with van der Waals surface area (Å²) in [6, 6.07) is 6.22. The number of carboxylic acids is 1. The summed E-state index contributed by atoms with van der Waals surface area (Å²) in [4.78, 5) is 24.9. The highest BCUT2D eigenvalue weighted by atomic mass is 16.4. The van der Waals surface area contributed by atoms with Crippen molar-refractivity contribution in [3.8, 4) is 0 Å². The van der Waals surface area contributed by atoms with Gasteiger partial charge in [0.2, 0.25) is 5.91 Å². The Morgan fingerprint density at radius 3 is 2.92 bits per heavy atom. The van der Waals surface area contributed by atoms with E-state index >= 15 is 0 Å². The zero-order valence-corrected chi connectivity index (χ0v) is 13.7. The number of benzene rings is 1. The predicted molar refractivity (Wildman–Crippen MR) is 89.6 cm³/mol. The Labute approximate surface area is 140 Å². The molecule has 3 N–H and O–H groups in total. The van der Waals surface area contributed by atoms with E-state index in [0.29, 0.717) is 13.0 Å². The summed E-state index contributed by atoms with van der Waals surface area (Å²) in [5, 5.41) is 19.8. The highest BCUT2D eigenvalue weighted by Gasteiger charge is 2.34. The molecule has 2 aromatic rings. The lowest BCUT2D eigenvalue weighted by molar-refractivity contribution is -0.139. The van der Waals surface area contributed by atoms with Gasteiger partial charge in [0, 0.05) is 17.5 Å². The number of carbonyl (C=O) groups is 2. The Morgan fingerprint density at radius 1 is 1.42 bits per heavy atom. The fourth-order valence-corrected chi connectivity index (χ4v) is 3.23. The number of aromatic nitrogens is 2. The van der Waals surface area contributed by atoms with Gasteiger partial charge in [0.25, 0.3) is 0 Å². The van der Waals surface area contributed by atoms with E-state index in [1.165, 1.54) is 0 Å². The number of aliphatic carboxylic acids is 1. The van der Waals surface area contributed by atoms with E-state index < -0.39 is 5.97 Å². The minimum Gasteiger partial charge on any atom is -0.480 e. The Kier molecular flexibility index (Phi) is 4.80. The summed E-state index contributed by atoms with van der Waals surface area (Å²) in [5.74, 6) is -0.808. The molecule has 0 spiro atoms. The van der Waals surface area contributed by atoms with Crippen molar-refractivity contribution >= 4 is 22.8 Å². The van der Waals surface area contributed by atoms with Crippen LogP contribution < -0.4 is 5.32 Å². The number of carboxylic acid groups (broad SMARTS) is 1. The summed E-state index contributed by atoms with van der Waals surface area (Å²) in [5.41, 5.74) is 1.87. The van der Waals surface area contributed by atoms with Crippen LogP contribution in [-0.4, -0.2) is 57.3 Å². The fraction of sp³-hybridized carbons (Fsp3) is 0.471. The Bertz CT molecular complexity index is 736. The zero-order chi connectivity index (χ0) is 17.1. The van der Waals surface area contributed by atoms with Crippen molar-refractivity contribution < 1.29 is 14.7 Å². The number of nitrogens with zero attached hydrogens (tertiary/aromatic N) is 2. The molecule has 1 amide bonds. The standard InChI is InChI=1S/C17H22N4O3/c1-2-21(10-17(23)24)14-7-13(8-14)19-16(22)6-11-3-4-12-9-18-20-15(12)5-11/h3-5,9,13-14H,2,6-8,10H2,1H3,(H,18,20)(H,19,22)(H,23,24). The van der Waals surface area contributed by atoms with Gasteiger partial charge in [-0.3, -0.25) is 19.6 Å². The molecule has 128 valence electrons. The molecule has 3 rings (SSSR count). The number of fused-ring (bicyclic) bond motifs is 1. The van der Waals surface area contributed by atoms with Crippen LogP contribution in [0.2, 0.25) is 0 Å². The molecule has 0 atom stereocenters. The summed E-state index contributed by atoms with van der Waals surface area (Å²) < 4.78 is 0. The molecule has 7 nitrogen and oxygen atoms in total. The minimum absolute atomic E-state index is 0.00130. The largest absolute Gasteiger partial charge is 0.480 e. The van der Waals surface area contributed by atoms with E-state index in [2.05, 4.69) is 15.5 Å². The lowest BCUT2D eigenvalue weighted by atomic mass is 9.85. The maximum Gasteiger partial charge on any atom is 0.317 e. The number of H-pyrrole nitrogens is 1. The zero-order valence-electron chi connectivity index (χ0n) is 13.7. The quantitative estimate of drug-likeness (QED) is 0.707. The summed E-state index contributed by atoms with van der Waals surface area (Å²) in [7, 11) is 0. The molecule has 1 fully saturated rings. The third-order valence-electron chi connectivity index (χ3n) is 4.61. The van der Waals surface area contributed by atoms with Gasteiger partial charge >= 0.3 is 5.97 Å². The number of hydrogen-bond acceptors (Lipinski definition) is 4. The molecule has 1 aliphatic rings. The molecular formula is C17H22N4O3. The van der Waals surface area contributed by atoms with Crippen molar-refractivity contribution in [1.29, 1.82) is 0 Å². The SMILES string of the molecule is CCN(CC(=O)O)C1CC(NC(=O)Cc2ccc3cn[nH]c3c2)C1. The van der Waals surface area contributed by atoms with Crippen molar-refractivity contribution in [2.45, 2.75) is 38.3 Å². The van der Waals surface area contributed by atoms with Gasteiger partial charge < -0.3 is 10.4 Å². The highest BCUT2D eigenvalue weighted by molar-refractivity contribution is 5.83. The second-order valence-electron chi connectivity index (χ2n) is 6.31. The van der Waals surface area contributed by atoms with Crippen LogP contribution in [0.1, 0.15) is 25.3 Å². The first-order valence-electron chi connectivity index (χ1n) is 8.22. The lowest BCUT2D eigenvalue weighted by Crippen LogP contribution is -2.55. The molecular weight excluding hydrogens is 308 g/mol. The Balaban J connectivity index is 1.47. The van der Waals surface area contributed by atoms with Crippen LogP contribution in [0.5, 0.6) is 0 Å². The van der Waals surface area contributed by atoms with Crippen molar-refractivity contribution in [2.24, 2.45) is 0 Å². The molecule has 7 heteroatoms. The lowest BCUT2D eigenvalue weighted by Gasteiger charge is -2.42. The second kappa shape index (κ2) is 7.00. The molecule has 0 radical (unpaired) electrons. The average Bonchev–Trinajstić information content (AvgIpc) is 2.96. The van der Waals surface area contributed by atoms with Crippen LogP contribution in [0.25, 0.3) is 10.9 Å². The minimum atomic E-state index is -0.807. The van der Waals surface area contributed by atoms with Crippen LogP contribution in [0, 0.1) is 0 Å². The molecule has 0 unspecified atom stereocenters. The summed E-state index contributed by atoms with van der Waals surface area (Å²) in [6.45, 7) is 2.73. The van der Waals surface area contributed by atoms with Gasteiger partial charge in [0.15, 0.2) is 0 Å². The molecule has 1 aromatic heterocycles. The van der Waals surface area contributed by atoms with Crippen molar-refractivity contribution in [2.75, 3.05) is 13.1 Å². The van der Waals surface area contributed by atoms with Gasteiger partial charge in [-0.05, 0) is 31.0 Å². The first-order valence-corrected chi connectivity index (χ1v) is 8.22. The fourth-order valence-electron chi connectivity index (χ4n) is 3.23. The van der Waals surface area contributed by atoms with Crippen LogP contribution in [-0.2, 0) is 16.0 Å². The highest BCUT2D eigenvalue weighted by Crippen LogP contribution is 2.25. The Morgan fingerprint density at radius 2 is 2.21 bits per heavy atom. The maximum absolute atomic E-state index is 12.2. The first-order chi connectivity index (χ1) is 11.5. The molecule has 1 aliphatic carbocycles. The number of hydrogen-bond donors (Lipinski definition) is 3. The van der Waals surface area contributed by atoms with E-state index in [0.717, 1.165) is 29.3 Å². The summed E-state index contributed by atoms with van der Waals surface area (Å²) >= 11 is 0. The van der Waals surface area contributed by atoms with Gasteiger partial charge in [-0.1, -0.05) is 19.1 Å². The van der Waals surface area contributed by atoms with Crippen molar-refractivity contribution in [1.82, 2.24) is 20.4 Å². The number of likely N-dealkylation sites (N-methyl/N-ethyl adjacent to an activating group) is 1. The van der Waals surface area contributed by atoms with Crippen LogP contribution in [0.4, 0.5) is 0 Å². The van der Waals surface area contributed by atoms with Crippen molar-refractivity contribution in [3.05, 3.63) is 30.0 Å². The first kappa shape index (κ1) is 16.4. The number of rotatable bonds is 7. The maximum atomic E-state index is 12.2. The average molecular weight is 330 g/mol. The number of aromatic amines is 1. The van der Waals surface area contributed by atoms with Gasteiger partial charge in [0.05, 0.1) is 24.7 Å². The number of carbonyl (C=O) groups excluding carboxylic acids is 1. The van der Waals surface area contributed by atoms with E-state index in [-0.39, 0.29) is 24.5 Å². The third kappa shape index (κ3) is 3.73. The third-order valence-corrected chi connectivity index (χ3v) is 4.61. The van der Waals surface area contributed by atoms with E-state index in [9.17, 15) is 9.59 Å². The number of amides is 1. The monoisotopic (exact) mass is 330 g/mol. The van der Waals surface area contributed by atoms with E-state index in [4.69, 9.17) is 5.11 Å². The van der Waals surface area contributed by atoms with Gasteiger partial charge in [-0.25, -0.2) is 0 Å². The van der Waals surface area contributed by atoms with E-state index in [1.54, 1.807) is 6.20 Å². The molecule has 0 saturated heterocycles. The van der Waals surface area contributed by atoms with Crippen molar-refractivity contribution in [3.63, 3.8) is 0 Å². The smallest absolute Gasteiger partial charge is 0.317 e. The molecule has 0 aliphatic heterocycles. The predicted octanol–water partition coefficient (Wildman–Crippen LogP) is 1.16. The molecule has 1 saturated carbocycles. The molecule has 24 heavy (non-hydrogen) atoms. The Hall–Kier alpha value is -2.41. The molecule has 1 aromatic carbocycles. The normalized spacial score (nSPS) is 20.1. The van der Waals surface area contributed by atoms with Gasteiger partial charge in [0.1, 0.15) is 0 Å². The van der Waals surface area contributed by atoms with Crippen LogP contribution >= 0.6 is 0 Å². The molecule has 0 bridgehead atoms. The molecule has 1 heterocycles. The number of nitrogens with one attached hydrogen (secondary N) is 2.